The molecular weight excluding hydrogens is 480 g/mol. The molecule has 38 heavy (non-hydrogen) atoms. The van der Waals surface area contributed by atoms with Crippen molar-refractivity contribution in [2.45, 2.75) is 44.9 Å². The molecule has 1 fully saturated rings. The van der Waals surface area contributed by atoms with Crippen LogP contribution in [-0.4, -0.2) is 27.8 Å². The summed E-state index contributed by atoms with van der Waals surface area (Å²) in [7, 11) is 0. The molecule has 2 amide bonds. The van der Waals surface area contributed by atoms with Crippen molar-refractivity contribution in [2.24, 2.45) is 5.92 Å². The SMILES string of the molecule is O=C(/C=C/C=C/C=C/c1ccc(O)c(NC(=O)/C=C/C=C/C=C/C2CCCCC2)c1)NC1=C(O)CCC1=O. The highest BCUT2D eigenvalue weighted by atomic mass is 16.3. The summed E-state index contributed by atoms with van der Waals surface area (Å²) in [5.74, 6) is -0.611. The summed E-state index contributed by atoms with van der Waals surface area (Å²) in [5.41, 5.74) is 1.01. The Morgan fingerprint density at radius 2 is 1.45 bits per heavy atom. The maximum Gasteiger partial charge on any atom is 0.248 e. The van der Waals surface area contributed by atoms with Crippen LogP contribution >= 0.6 is 0 Å². The van der Waals surface area contributed by atoms with Crippen molar-refractivity contribution in [3.8, 4) is 5.75 Å². The first-order valence-corrected chi connectivity index (χ1v) is 12.9. The zero-order chi connectivity index (χ0) is 27.2. The number of anilines is 1. The molecule has 1 aromatic rings. The van der Waals surface area contributed by atoms with Gasteiger partial charge in [0.2, 0.25) is 11.8 Å². The van der Waals surface area contributed by atoms with Crippen LogP contribution in [0.15, 0.2) is 96.5 Å². The topological polar surface area (TPSA) is 116 Å². The van der Waals surface area contributed by atoms with Crippen LogP contribution in [0.5, 0.6) is 5.75 Å². The van der Waals surface area contributed by atoms with E-state index in [4.69, 9.17) is 0 Å². The second kappa shape index (κ2) is 15.0. The molecule has 198 valence electrons. The molecular formula is C31H34N2O5. The molecule has 0 spiro atoms. The first-order chi connectivity index (χ1) is 18.4. The van der Waals surface area contributed by atoms with Crippen LogP contribution in [0, 0.1) is 5.92 Å². The van der Waals surface area contributed by atoms with Crippen LogP contribution in [0.25, 0.3) is 6.08 Å². The normalized spacial score (nSPS) is 17.4. The molecule has 0 aromatic heterocycles. The van der Waals surface area contributed by atoms with E-state index in [0.29, 0.717) is 11.6 Å². The molecule has 0 unspecified atom stereocenters. The summed E-state index contributed by atoms with van der Waals surface area (Å²) in [6.07, 6.45) is 27.5. The fourth-order valence-electron chi connectivity index (χ4n) is 4.14. The Hall–Kier alpha value is -4.39. The Morgan fingerprint density at radius 3 is 2.13 bits per heavy atom. The molecule has 7 heteroatoms. The van der Waals surface area contributed by atoms with Crippen molar-refractivity contribution >= 4 is 29.4 Å². The number of rotatable bonds is 10. The predicted molar refractivity (Wildman–Crippen MR) is 150 cm³/mol. The van der Waals surface area contributed by atoms with Gasteiger partial charge in [0.05, 0.1) is 5.69 Å². The lowest BCUT2D eigenvalue weighted by atomic mass is 9.89. The number of aliphatic hydroxyl groups excluding tert-OH is 1. The monoisotopic (exact) mass is 514 g/mol. The summed E-state index contributed by atoms with van der Waals surface area (Å²) < 4.78 is 0. The van der Waals surface area contributed by atoms with Gasteiger partial charge >= 0.3 is 0 Å². The van der Waals surface area contributed by atoms with Crippen LogP contribution in [0.2, 0.25) is 0 Å². The van der Waals surface area contributed by atoms with Gasteiger partial charge in [0.15, 0.2) is 5.78 Å². The molecule has 2 aliphatic rings. The number of benzene rings is 1. The molecule has 0 bridgehead atoms. The van der Waals surface area contributed by atoms with E-state index < -0.39 is 5.91 Å². The third-order valence-corrected chi connectivity index (χ3v) is 6.17. The Kier molecular flexibility index (Phi) is 11.1. The van der Waals surface area contributed by atoms with E-state index in [1.165, 1.54) is 56.4 Å². The molecule has 7 nitrogen and oxygen atoms in total. The first kappa shape index (κ1) is 28.2. The van der Waals surface area contributed by atoms with Crippen molar-refractivity contribution in [1.29, 1.82) is 0 Å². The van der Waals surface area contributed by atoms with Crippen molar-refractivity contribution in [3.63, 3.8) is 0 Å². The molecule has 2 aliphatic carbocycles. The molecule has 1 saturated carbocycles. The quantitative estimate of drug-likeness (QED) is 0.175. The first-order valence-electron chi connectivity index (χ1n) is 12.9. The summed E-state index contributed by atoms with van der Waals surface area (Å²) in [6, 6.07) is 4.85. The Bertz CT molecular complexity index is 1220. The fourth-order valence-corrected chi connectivity index (χ4v) is 4.14. The van der Waals surface area contributed by atoms with Gasteiger partial charge in [-0.1, -0.05) is 86.1 Å². The van der Waals surface area contributed by atoms with Crippen LogP contribution in [0.1, 0.15) is 50.5 Å². The van der Waals surface area contributed by atoms with Gasteiger partial charge in [-0.3, -0.25) is 14.4 Å². The molecule has 0 saturated heterocycles. The lowest BCUT2D eigenvalue weighted by molar-refractivity contribution is -0.119. The van der Waals surface area contributed by atoms with E-state index >= 15 is 0 Å². The highest BCUT2D eigenvalue weighted by Gasteiger charge is 2.23. The smallest absolute Gasteiger partial charge is 0.248 e. The second-order valence-electron chi connectivity index (χ2n) is 9.13. The maximum atomic E-state index is 12.2. The standard InChI is InChI=1S/C31H34N2O5/c34-26-19-18-24(15-7-2-4-11-17-30(38)33-31-27(35)20-21-28(31)36)22-25(26)32-29(37)16-10-3-1-6-12-23-13-8-5-9-14-23/h1-4,6-7,10-12,15-19,22-23,34-35H,5,8-9,13-14,20-21H2,(H,32,37)(H,33,38)/b3-1+,4-2+,12-6+,15-7+,16-10+,17-11+. The summed E-state index contributed by atoms with van der Waals surface area (Å²) in [5, 5.41) is 24.7. The van der Waals surface area contributed by atoms with Gasteiger partial charge in [-0.15, -0.1) is 0 Å². The number of phenols is 1. The van der Waals surface area contributed by atoms with Crippen LogP contribution in [0.4, 0.5) is 5.69 Å². The summed E-state index contributed by atoms with van der Waals surface area (Å²) >= 11 is 0. The highest BCUT2D eigenvalue weighted by molar-refractivity contribution is 6.03. The zero-order valence-corrected chi connectivity index (χ0v) is 21.3. The minimum atomic E-state index is -0.505. The van der Waals surface area contributed by atoms with Crippen LogP contribution < -0.4 is 10.6 Å². The van der Waals surface area contributed by atoms with E-state index in [1.54, 1.807) is 48.6 Å². The number of nitrogens with one attached hydrogen (secondary N) is 2. The van der Waals surface area contributed by atoms with Crippen molar-refractivity contribution in [1.82, 2.24) is 5.32 Å². The molecule has 3 rings (SSSR count). The van der Waals surface area contributed by atoms with Gasteiger partial charge in [-0.2, -0.15) is 0 Å². The van der Waals surface area contributed by atoms with Crippen molar-refractivity contribution in [3.05, 3.63) is 102 Å². The summed E-state index contributed by atoms with van der Waals surface area (Å²) in [4.78, 5) is 35.7. The average Bonchev–Trinajstić information content (AvgIpc) is 3.22. The van der Waals surface area contributed by atoms with Gasteiger partial charge in [0, 0.05) is 25.0 Å². The van der Waals surface area contributed by atoms with E-state index in [2.05, 4.69) is 16.7 Å². The predicted octanol–water partition coefficient (Wildman–Crippen LogP) is 5.95. The number of amides is 2. The number of ketones is 1. The molecule has 4 N–H and O–H groups in total. The number of Topliss-reactive ketones (excluding diaryl/α,β-unsaturated/α-hetero) is 1. The van der Waals surface area contributed by atoms with Gasteiger partial charge in [0.25, 0.3) is 0 Å². The van der Waals surface area contributed by atoms with Crippen molar-refractivity contribution in [2.75, 3.05) is 5.32 Å². The van der Waals surface area contributed by atoms with E-state index in [-0.39, 0.29) is 41.7 Å². The Morgan fingerprint density at radius 1 is 0.789 bits per heavy atom. The Balaban J connectivity index is 1.45. The van der Waals surface area contributed by atoms with E-state index in [1.807, 2.05) is 12.2 Å². The van der Waals surface area contributed by atoms with Gasteiger partial charge < -0.3 is 20.8 Å². The maximum absolute atomic E-state index is 12.2. The zero-order valence-electron chi connectivity index (χ0n) is 21.3. The third kappa shape index (κ3) is 9.58. The van der Waals surface area contributed by atoms with E-state index in [9.17, 15) is 24.6 Å². The van der Waals surface area contributed by atoms with Gasteiger partial charge in [-0.25, -0.2) is 0 Å². The number of allylic oxidation sites excluding steroid dienone is 11. The Labute approximate surface area is 223 Å². The number of phenolic OH excluding ortho intramolecular Hbond substituents is 1. The molecule has 0 radical (unpaired) electrons. The average molecular weight is 515 g/mol. The van der Waals surface area contributed by atoms with Crippen LogP contribution in [0.3, 0.4) is 0 Å². The number of carbonyl (C=O) groups excluding carboxylic acids is 3. The second-order valence-corrected chi connectivity index (χ2v) is 9.13. The number of hydrogen-bond acceptors (Lipinski definition) is 5. The fraction of sp³-hybridized carbons (Fsp3) is 0.258. The minimum Gasteiger partial charge on any atom is -0.510 e. The lowest BCUT2D eigenvalue weighted by Crippen LogP contribution is -2.24. The van der Waals surface area contributed by atoms with Crippen LogP contribution in [-0.2, 0) is 14.4 Å². The number of aliphatic hydroxyl groups is 1. The van der Waals surface area contributed by atoms with Gasteiger partial charge in [0.1, 0.15) is 17.2 Å². The largest absolute Gasteiger partial charge is 0.510 e. The number of hydrogen-bond donors (Lipinski definition) is 4. The number of carbonyl (C=O) groups is 3. The molecule has 0 atom stereocenters. The lowest BCUT2D eigenvalue weighted by Gasteiger charge is -2.17. The molecule has 1 aromatic carbocycles. The highest BCUT2D eigenvalue weighted by Crippen LogP contribution is 2.25. The van der Waals surface area contributed by atoms with Crippen molar-refractivity contribution < 1.29 is 24.6 Å². The van der Waals surface area contributed by atoms with E-state index in [0.717, 1.165) is 5.56 Å². The molecule has 0 heterocycles. The van der Waals surface area contributed by atoms with Gasteiger partial charge in [-0.05, 0) is 36.5 Å². The minimum absolute atomic E-state index is 0.0345. The number of aromatic hydroxyl groups is 1. The molecule has 0 aliphatic heterocycles. The summed E-state index contributed by atoms with van der Waals surface area (Å²) in [6.45, 7) is 0. The third-order valence-electron chi connectivity index (χ3n) is 6.17.